The number of rotatable bonds is 4. The summed E-state index contributed by atoms with van der Waals surface area (Å²) < 4.78 is 0. The van der Waals surface area contributed by atoms with Gasteiger partial charge >= 0.3 is 12.0 Å². The summed E-state index contributed by atoms with van der Waals surface area (Å²) in [6.45, 7) is 5.31. The summed E-state index contributed by atoms with van der Waals surface area (Å²) in [5, 5.41) is 14.3. The molecule has 3 N–H and O–H groups in total. The molecule has 0 aliphatic heterocycles. The van der Waals surface area contributed by atoms with Gasteiger partial charge in [0, 0.05) is 0 Å². The van der Waals surface area contributed by atoms with E-state index in [1.807, 2.05) is 13.0 Å². The number of aliphatic carboxylic acids is 1. The molecule has 104 valence electrons. The van der Waals surface area contributed by atoms with Gasteiger partial charge in [-0.1, -0.05) is 31.5 Å². The number of hydrogen-bond acceptors (Lipinski definition) is 2. The number of nitrogens with one attached hydrogen (secondary N) is 2. The molecular weight excluding hydrogens is 268 g/mol. The summed E-state index contributed by atoms with van der Waals surface area (Å²) in [6.07, 6.45) is 0. The van der Waals surface area contributed by atoms with E-state index in [0.29, 0.717) is 10.7 Å². The van der Waals surface area contributed by atoms with E-state index in [2.05, 4.69) is 10.6 Å². The van der Waals surface area contributed by atoms with Crippen molar-refractivity contribution in [1.82, 2.24) is 5.32 Å². The predicted octanol–water partition coefficient (Wildman–Crippen LogP) is 2.88. The number of halogens is 1. The summed E-state index contributed by atoms with van der Waals surface area (Å²) in [7, 11) is 0. The number of amides is 2. The van der Waals surface area contributed by atoms with E-state index in [4.69, 9.17) is 16.7 Å². The van der Waals surface area contributed by atoms with Gasteiger partial charge in [-0.2, -0.15) is 0 Å². The Morgan fingerprint density at radius 1 is 1.32 bits per heavy atom. The molecule has 0 saturated heterocycles. The van der Waals surface area contributed by atoms with Crippen LogP contribution in [-0.2, 0) is 4.79 Å². The Kier molecular flexibility index (Phi) is 5.18. The van der Waals surface area contributed by atoms with Crippen LogP contribution in [0.3, 0.4) is 0 Å². The molecule has 0 saturated carbocycles. The van der Waals surface area contributed by atoms with E-state index in [9.17, 15) is 9.59 Å². The van der Waals surface area contributed by atoms with Crippen molar-refractivity contribution in [3.05, 3.63) is 28.8 Å². The van der Waals surface area contributed by atoms with Gasteiger partial charge in [-0.15, -0.1) is 0 Å². The van der Waals surface area contributed by atoms with Crippen LogP contribution in [0, 0.1) is 12.8 Å². The molecule has 1 rings (SSSR count). The molecular formula is C13H17ClN2O3. The van der Waals surface area contributed by atoms with Crippen LogP contribution in [0.25, 0.3) is 0 Å². The van der Waals surface area contributed by atoms with Gasteiger partial charge in [0.2, 0.25) is 0 Å². The maximum Gasteiger partial charge on any atom is 0.326 e. The van der Waals surface area contributed by atoms with Crippen molar-refractivity contribution in [3.63, 3.8) is 0 Å². The molecule has 5 nitrogen and oxygen atoms in total. The number of urea groups is 1. The fourth-order valence-corrected chi connectivity index (χ4v) is 1.71. The van der Waals surface area contributed by atoms with Crippen LogP contribution in [0.5, 0.6) is 0 Å². The van der Waals surface area contributed by atoms with Crippen molar-refractivity contribution in [2.24, 2.45) is 5.92 Å². The van der Waals surface area contributed by atoms with Gasteiger partial charge in [0.25, 0.3) is 0 Å². The fraction of sp³-hybridized carbons (Fsp3) is 0.385. The van der Waals surface area contributed by atoms with Gasteiger partial charge in [0.15, 0.2) is 0 Å². The summed E-state index contributed by atoms with van der Waals surface area (Å²) >= 11 is 5.94. The molecule has 2 amide bonds. The van der Waals surface area contributed by atoms with Crippen molar-refractivity contribution >= 4 is 29.3 Å². The van der Waals surface area contributed by atoms with Crippen LogP contribution >= 0.6 is 11.6 Å². The second-order valence-corrected chi connectivity index (χ2v) is 5.05. The number of aryl methyl sites for hydroxylation is 1. The smallest absolute Gasteiger partial charge is 0.326 e. The third kappa shape index (κ3) is 4.44. The molecule has 0 bridgehead atoms. The third-order valence-corrected chi connectivity index (χ3v) is 2.92. The maximum atomic E-state index is 11.8. The Morgan fingerprint density at radius 3 is 2.47 bits per heavy atom. The molecule has 1 aromatic rings. The molecule has 0 aromatic heterocycles. The van der Waals surface area contributed by atoms with Gasteiger partial charge in [-0.05, 0) is 30.5 Å². The topological polar surface area (TPSA) is 78.4 Å². The Balaban J connectivity index is 2.74. The van der Waals surface area contributed by atoms with Gasteiger partial charge in [-0.25, -0.2) is 9.59 Å². The van der Waals surface area contributed by atoms with E-state index < -0.39 is 18.0 Å². The number of benzene rings is 1. The van der Waals surface area contributed by atoms with E-state index in [1.54, 1.807) is 26.0 Å². The number of anilines is 1. The average Bonchev–Trinajstić information content (AvgIpc) is 2.30. The van der Waals surface area contributed by atoms with Crippen LogP contribution in [0.1, 0.15) is 19.4 Å². The molecule has 0 fully saturated rings. The number of carboxylic acid groups (broad SMARTS) is 1. The van der Waals surface area contributed by atoms with Crippen molar-refractivity contribution in [1.29, 1.82) is 0 Å². The zero-order valence-electron chi connectivity index (χ0n) is 11.0. The lowest BCUT2D eigenvalue weighted by molar-refractivity contribution is -0.140. The zero-order valence-corrected chi connectivity index (χ0v) is 11.8. The van der Waals surface area contributed by atoms with Crippen molar-refractivity contribution in [2.75, 3.05) is 5.32 Å². The van der Waals surface area contributed by atoms with Gasteiger partial charge in [0.05, 0.1) is 10.7 Å². The molecule has 1 atom stereocenters. The predicted molar refractivity (Wildman–Crippen MR) is 74.6 cm³/mol. The molecule has 1 aromatic carbocycles. The Morgan fingerprint density at radius 2 is 1.95 bits per heavy atom. The monoisotopic (exact) mass is 284 g/mol. The molecule has 0 unspecified atom stereocenters. The molecule has 0 spiro atoms. The largest absolute Gasteiger partial charge is 0.480 e. The van der Waals surface area contributed by atoms with E-state index >= 15 is 0 Å². The number of carbonyl (C=O) groups is 2. The van der Waals surface area contributed by atoms with E-state index in [0.717, 1.165) is 5.56 Å². The van der Waals surface area contributed by atoms with Gasteiger partial charge in [-0.3, -0.25) is 0 Å². The molecule has 0 heterocycles. The molecule has 6 heteroatoms. The minimum Gasteiger partial charge on any atom is -0.480 e. The van der Waals surface area contributed by atoms with Gasteiger partial charge < -0.3 is 15.7 Å². The fourth-order valence-electron chi connectivity index (χ4n) is 1.55. The SMILES string of the molecule is Cc1ccc(Cl)c(NC(=O)N[C@H](C(=O)O)C(C)C)c1. The summed E-state index contributed by atoms with van der Waals surface area (Å²) in [5.41, 5.74) is 1.39. The van der Waals surface area contributed by atoms with Gasteiger partial charge in [0.1, 0.15) is 6.04 Å². The first-order chi connectivity index (χ1) is 8.81. The number of carboxylic acids is 1. The first-order valence-corrected chi connectivity index (χ1v) is 6.25. The molecule has 0 aliphatic carbocycles. The summed E-state index contributed by atoms with van der Waals surface area (Å²) in [6, 6.07) is 3.67. The molecule has 0 aliphatic rings. The second-order valence-electron chi connectivity index (χ2n) is 4.64. The highest BCUT2D eigenvalue weighted by atomic mass is 35.5. The molecule has 0 radical (unpaired) electrons. The van der Waals surface area contributed by atoms with Crippen LogP contribution in [0.4, 0.5) is 10.5 Å². The van der Waals surface area contributed by atoms with E-state index in [1.165, 1.54) is 0 Å². The standard InChI is InChI=1S/C13H17ClN2O3/c1-7(2)11(12(17)18)16-13(19)15-10-6-8(3)4-5-9(10)14/h4-7,11H,1-3H3,(H,17,18)(H2,15,16,19)/t11-/m0/s1. The lowest BCUT2D eigenvalue weighted by atomic mass is 10.1. The molecule has 19 heavy (non-hydrogen) atoms. The summed E-state index contributed by atoms with van der Waals surface area (Å²) in [4.78, 5) is 22.7. The first kappa shape index (κ1) is 15.3. The van der Waals surface area contributed by atoms with Crippen LogP contribution in [0.2, 0.25) is 5.02 Å². The highest BCUT2D eigenvalue weighted by Gasteiger charge is 2.23. The lowest BCUT2D eigenvalue weighted by Crippen LogP contribution is -2.46. The highest BCUT2D eigenvalue weighted by Crippen LogP contribution is 2.22. The van der Waals surface area contributed by atoms with Crippen LogP contribution < -0.4 is 10.6 Å². The van der Waals surface area contributed by atoms with Crippen LogP contribution in [0.15, 0.2) is 18.2 Å². The number of carbonyl (C=O) groups excluding carboxylic acids is 1. The lowest BCUT2D eigenvalue weighted by Gasteiger charge is -2.18. The number of hydrogen-bond donors (Lipinski definition) is 3. The maximum absolute atomic E-state index is 11.8. The van der Waals surface area contributed by atoms with Crippen molar-refractivity contribution in [2.45, 2.75) is 26.8 Å². The summed E-state index contributed by atoms with van der Waals surface area (Å²) in [5.74, 6) is -1.28. The average molecular weight is 285 g/mol. The highest BCUT2D eigenvalue weighted by molar-refractivity contribution is 6.33. The third-order valence-electron chi connectivity index (χ3n) is 2.59. The minimum atomic E-state index is -1.07. The second kappa shape index (κ2) is 6.43. The quantitative estimate of drug-likeness (QED) is 0.795. The van der Waals surface area contributed by atoms with Crippen LogP contribution in [-0.4, -0.2) is 23.1 Å². The van der Waals surface area contributed by atoms with Crippen molar-refractivity contribution < 1.29 is 14.7 Å². The minimum absolute atomic E-state index is 0.212. The zero-order chi connectivity index (χ0) is 14.6. The van der Waals surface area contributed by atoms with E-state index in [-0.39, 0.29) is 5.92 Å². The first-order valence-electron chi connectivity index (χ1n) is 5.87. The Bertz CT molecular complexity index is 489. The Labute approximate surface area is 117 Å². The normalized spacial score (nSPS) is 12.1. The van der Waals surface area contributed by atoms with Crippen molar-refractivity contribution in [3.8, 4) is 0 Å². The Hall–Kier alpha value is -1.75.